The third-order valence-corrected chi connectivity index (χ3v) is 3.03. The molecule has 2 rings (SSSR count). The van der Waals surface area contributed by atoms with Gasteiger partial charge in [-0.05, 0) is 43.3 Å². The number of anilines is 2. The summed E-state index contributed by atoms with van der Waals surface area (Å²) >= 11 is 5.67. The molecule has 0 saturated carbocycles. The Labute approximate surface area is 124 Å². The van der Waals surface area contributed by atoms with Gasteiger partial charge in [-0.25, -0.2) is 9.37 Å². The van der Waals surface area contributed by atoms with Crippen LogP contribution in [0.25, 0.3) is 0 Å². The highest BCUT2D eigenvalue weighted by atomic mass is 35.5. The van der Waals surface area contributed by atoms with E-state index in [2.05, 4.69) is 4.98 Å². The molecule has 1 heterocycles. The topological polar surface area (TPSA) is 16.1 Å². The molecule has 0 radical (unpaired) electrons. The molecule has 0 aliphatic heterocycles. The van der Waals surface area contributed by atoms with Gasteiger partial charge in [-0.2, -0.15) is 13.2 Å². The summed E-state index contributed by atoms with van der Waals surface area (Å²) in [5.41, 5.74) is -0.347. The van der Waals surface area contributed by atoms with Crippen LogP contribution in [0.1, 0.15) is 12.5 Å². The average Bonchev–Trinajstić information content (AvgIpc) is 2.40. The Morgan fingerprint density at radius 1 is 1.14 bits per heavy atom. The number of alkyl halides is 3. The molecule has 0 aliphatic rings. The Morgan fingerprint density at radius 2 is 1.76 bits per heavy atom. The number of rotatable bonds is 3. The quantitative estimate of drug-likeness (QED) is 0.581. The van der Waals surface area contributed by atoms with E-state index in [1.54, 1.807) is 6.92 Å². The van der Waals surface area contributed by atoms with Gasteiger partial charge < -0.3 is 4.90 Å². The number of benzene rings is 1. The molecule has 2 nitrogen and oxygen atoms in total. The monoisotopic (exact) mass is 318 g/mol. The van der Waals surface area contributed by atoms with Gasteiger partial charge in [-0.3, -0.25) is 0 Å². The lowest BCUT2D eigenvalue weighted by Gasteiger charge is -2.23. The molecule has 21 heavy (non-hydrogen) atoms. The standard InChI is InChI=1S/C14H11ClF4N2/c1-2-21(11-5-3-10(16)4-6-11)13-8-9(14(17,18)19)7-12(15)20-13/h3-8H,2H2,1H3. The first-order valence-electron chi connectivity index (χ1n) is 6.09. The van der Waals surface area contributed by atoms with Crippen molar-refractivity contribution < 1.29 is 17.6 Å². The van der Waals surface area contributed by atoms with Crippen molar-refractivity contribution in [2.45, 2.75) is 13.1 Å². The van der Waals surface area contributed by atoms with Crippen molar-refractivity contribution in [3.63, 3.8) is 0 Å². The van der Waals surface area contributed by atoms with Gasteiger partial charge in [-0.15, -0.1) is 0 Å². The molecule has 7 heteroatoms. The van der Waals surface area contributed by atoms with Crippen LogP contribution in [0, 0.1) is 5.82 Å². The van der Waals surface area contributed by atoms with Crippen molar-refractivity contribution in [1.29, 1.82) is 0 Å². The van der Waals surface area contributed by atoms with Gasteiger partial charge >= 0.3 is 6.18 Å². The molecule has 1 aromatic heterocycles. The van der Waals surface area contributed by atoms with Crippen LogP contribution in [0.3, 0.4) is 0 Å². The number of halogens is 5. The smallest absolute Gasteiger partial charge is 0.327 e. The van der Waals surface area contributed by atoms with Crippen LogP contribution in [0.4, 0.5) is 29.1 Å². The van der Waals surface area contributed by atoms with Crippen LogP contribution in [-0.2, 0) is 6.18 Å². The van der Waals surface area contributed by atoms with E-state index in [4.69, 9.17) is 11.6 Å². The lowest BCUT2D eigenvalue weighted by atomic mass is 10.2. The number of nitrogens with zero attached hydrogens (tertiary/aromatic N) is 2. The molecule has 0 atom stereocenters. The first kappa shape index (κ1) is 15.6. The first-order valence-corrected chi connectivity index (χ1v) is 6.47. The summed E-state index contributed by atoms with van der Waals surface area (Å²) in [6.07, 6.45) is -4.51. The van der Waals surface area contributed by atoms with Crippen LogP contribution in [-0.4, -0.2) is 11.5 Å². The van der Waals surface area contributed by atoms with Gasteiger partial charge in [0.2, 0.25) is 0 Å². The van der Waals surface area contributed by atoms with E-state index in [1.807, 2.05) is 0 Å². The predicted molar refractivity (Wildman–Crippen MR) is 73.3 cm³/mol. The lowest BCUT2D eigenvalue weighted by Crippen LogP contribution is -2.18. The van der Waals surface area contributed by atoms with Crippen LogP contribution in [0.15, 0.2) is 36.4 Å². The van der Waals surface area contributed by atoms with Crippen molar-refractivity contribution in [2.24, 2.45) is 0 Å². The Morgan fingerprint density at radius 3 is 2.29 bits per heavy atom. The first-order chi connectivity index (χ1) is 9.81. The maximum absolute atomic E-state index is 12.9. The van der Waals surface area contributed by atoms with Crippen molar-refractivity contribution in [3.05, 3.63) is 52.9 Å². The molecule has 0 saturated heterocycles. The van der Waals surface area contributed by atoms with Crippen LogP contribution < -0.4 is 4.90 Å². The van der Waals surface area contributed by atoms with Gasteiger partial charge in [-0.1, -0.05) is 11.6 Å². The minimum absolute atomic E-state index is 0.0592. The van der Waals surface area contributed by atoms with Gasteiger partial charge in [0.25, 0.3) is 0 Å². The fraction of sp³-hybridized carbons (Fsp3) is 0.214. The zero-order valence-electron chi connectivity index (χ0n) is 11.0. The maximum Gasteiger partial charge on any atom is 0.416 e. The second kappa shape index (κ2) is 5.89. The van der Waals surface area contributed by atoms with Crippen molar-refractivity contribution in [2.75, 3.05) is 11.4 Å². The Hall–Kier alpha value is -1.82. The Balaban J connectivity index is 2.47. The second-order valence-electron chi connectivity index (χ2n) is 4.26. The summed E-state index contributed by atoms with van der Waals surface area (Å²) in [5.74, 6) is -0.367. The zero-order chi connectivity index (χ0) is 15.6. The molecule has 0 aliphatic carbocycles. The summed E-state index contributed by atoms with van der Waals surface area (Å²) in [5, 5.41) is -0.250. The molecular formula is C14H11ClF4N2. The molecule has 0 N–H and O–H groups in total. The van der Waals surface area contributed by atoms with Gasteiger partial charge in [0.1, 0.15) is 16.8 Å². The maximum atomic E-state index is 12.9. The van der Waals surface area contributed by atoms with Gasteiger partial charge in [0.05, 0.1) is 5.56 Å². The highest BCUT2D eigenvalue weighted by Gasteiger charge is 2.32. The molecule has 0 fully saturated rings. The summed E-state index contributed by atoms with van der Waals surface area (Å²) < 4.78 is 51.4. The molecule has 0 bridgehead atoms. The zero-order valence-corrected chi connectivity index (χ0v) is 11.7. The fourth-order valence-electron chi connectivity index (χ4n) is 1.88. The number of hydrogen-bond donors (Lipinski definition) is 0. The Kier molecular flexibility index (Phi) is 4.37. The van der Waals surface area contributed by atoms with E-state index in [0.29, 0.717) is 12.2 Å². The van der Waals surface area contributed by atoms with Crippen LogP contribution in [0.5, 0.6) is 0 Å². The van der Waals surface area contributed by atoms with E-state index in [-0.39, 0.29) is 11.0 Å². The number of aromatic nitrogens is 1. The molecule has 1 aromatic carbocycles. The molecule has 2 aromatic rings. The normalized spacial score (nSPS) is 11.5. The van der Waals surface area contributed by atoms with Gasteiger partial charge in [0.15, 0.2) is 0 Å². The summed E-state index contributed by atoms with van der Waals surface area (Å²) in [6, 6.07) is 7.08. The van der Waals surface area contributed by atoms with Gasteiger partial charge in [0, 0.05) is 12.2 Å². The van der Waals surface area contributed by atoms with Crippen LogP contribution >= 0.6 is 11.6 Å². The fourth-order valence-corrected chi connectivity index (χ4v) is 2.09. The average molecular weight is 319 g/mol. The number of hydrogen-bond acceptors (Lipinski definition) is 2. The van der Waals surface area contributed by atoms with E-state index < -0.39 is 17.6 Å². The highest BCUT2D eigenvalue weighted by molar-refractivity contribution is 6.29. The summed E-state index contributed by atoms with van der Waals surface area (Å²) in [7, 11) is 0. The van der Waals surface area contributed by atoms with Crippen molar-refractivity contribution in [3.8, 4) is 0 Å². The van der Waals surface area contributed by atoms with E-state index in [0.717, 1.165) is 12.1 Å². The van der Waals surface area contributed by atoms with Crippen molar-refractivity contribution in [1.82, 2.24) is 4.98 Å². The predicted octanol–water partition coefficient (Wildman–Crippen LogP) is 5.05. The molecular weight excluding hydrogens is 308 g/mol. The van der Waals surface area contributed by atoms with Crippen LogP contribution in [0.2, 0.25) is 5.15 Å². The second-order valence-corrected chi connectivity index (χ2v) is 4.64. The summed E-state index contributed by atoms with van der Waals surface area (Å²) in [6.45, 7) is 2.11. The van der Waals surface area contributed by atoms with Crippen molar-refractivity contribution >= 4 is 23.1 Å². The molecule has 112 valence electrons. The minimum Gasteiger partial charge on any atom is -0.327 e. The largest absolute Gasteiger partial charge is 0.416 e. The summed E-state index contributed by atoms with van der Waals surface area (Å²) in [4.78, 5) is 5.43. The third-order valence-electron chi connectivity index (χ3n) is 2.84. The molecule has 0 amide bonds. The lowest BCUT2D eigenvalue weighted by molar-refractivity contribution is -0.137. The minimum atomic E-state index is -4.51. The number of pyridine rings is 1. The highest BCUT2D eigenvalue weighted by Crippen LogP contribution is 2.34. The SMILES string of the molecule is CCN(c1ccc(F)cc1)c1cc(C(F)(F)F)cc(Cl)n1. The van der Waals surface area contributed by atoms with E-state index in [1.165, 1.54) is 29.2 Å². The van der Waals surface area contributed by atoms with E-state index >= 15 is 0 Å². The Bertz CT molecular complexity index is 626. The molecule has 0 spiro atoms. The molecule has 0 unspecified atom stereocenters. The van der Waals surface area contributed by atoms with E-state index in [9.17, 15) is 17.6 Å². The third kappa shape index (κ3) is 3.64.